The van der Waals surface area contributed by atoms with Crippen LogP contribution in [-0.2, 0) is 4.74 Å². The van der Waals surface area contributed by atoms with E-state index >= 15 is 0 Å². The molecule has 0 aliphatic rings. The molecule has 0 spiro atoms. The van der Waals surface area contributed by atoms with Crippen LogP contribution in [0.25, 0.3) is 27.9 Å². The van der Waals surface area contributed by atoms with Crippen LogP contribution in [0, 0.1) is 5.92 Å². The van der Waals surface area contributed by atoms with Gasteiger partial charge in [-0.1, -0.05) is 64.8 Å². The van der Waals surface area contributed by atoms with Gasteiger partial charge in [-0.2, -0.15) is 0 Å². The molecule has 0 radical (unpaired) electrons. The number of nitrogen functional groups attached to an aromatic ring is 1. The molecule has 0 amide bonds. The number of benzene rings is 2. The largest absolute Gasteiger partial charge is 0.462 e. The normalized spacial score (nSPS) is 12.5. The molecule has 33 heavy (non-hydrogen) atoms. The Kier molecular flexibility index (Phi) is 6.63. The second-order valence-electron chi connectivity index (χ2n) is 8.66. The molecular formula is C27H32N4O2. The summed E-state index contributed by atoms with van der Waals surface area (Å²) in [6.07, 6.45) is 2.97. The number of carbonyl (C=O) groups excluding carboxylic acids is 1. The van der Waals surface area contributed by atoms with Gasteiger partial charge < -0.3 is 10.5 Å². The van der Waals surface area contributed by atoms with Crippen LogP contribution in [-0.4, -0.2) is 27.1 Å². The van der Waals surface area contributed by atoms with Gasteiger partial charge in [0.25, 0.3) is 0 Å². The Morgan fingerprint density at radius 3 is 2.21 bits per heavy atom. The lowest BCUT2D eigenvalue weighted by molar-refractivity contribution is 0.0436. The van der Waals surface area contributed by atoms with Gasteiger partial charge in [-0.25, -0.2) is 14.8 Å². The Labute approximate surface area is 194 Å². The lowest BCUT2D eigenvalue weighted by Crippen LogP contribution is -2.15. The standard InChI is InChI=1S/C27H32N4O2/c1-5-17(4)19-12-14-20(15-13-19)31-25(28)23(27(32)33-16-18(6-2)7-3)24-26(31)30-22-11-9-8-10-21(22)29-24/h8-15,17-18H,5-7,16,28H2,1-4H3/t17-/m1/s1. The molecule has 2 aromatic carbocycles. The van der Waals surface area contributed by atoms with Crippen molar-refractivity contribution in [3.05, 3.63) is 59.7 Å². The van der Waals surface area contributed by atoms with Crippen LogP contribution in [0.4, 0.5) is 5.82 Å². The molecule has 2 heterocycles. The number of para-hydroxylation sites is 2. The van der Waals surface area contributed by atoms with Gasteiger partial charge in [-0.3, -0.25) is 4.57 Å². The first-order valence-electron chi connectivity index (χ1n) is 11.8. The van der Waals surface area contributed by atoms with E-state index in [1.807, 2.05) is 41.0 Å². The second-order valence-corrected chi connectivity index (χ2v) is 8.66. The van der Waals surface area contributed by atoms with E-state index in [0.717, 1.165) is 30.5 Å². The number of anilines is 1. The van der Waals surface area contributed by atoms with Crippen LogP contribution in [0.3, 0.4) is 0 Å². The second kappa shape index (κ2) is 9.61. The Hall–Kier alpha value is -3.41. The summed E-state index contributed by atoms with van der Waals surface area (Å²) in [5.41, 5.74) is 11.4. The smallest absolute Gasteiger partial charge is 0.344 e. The molecule has 0 saturated heterocycles. The van der Waals surface area contributed by atoms with Crippen LogP contribution >= 0.6 is 0 Å². The maximum absolute atomic E-state index is 13.2. The summed E-state index contributed by atoms with van der Waals surface area (Å²) in [6, 6.07) is 15.9. The minimum atomic E-state index is -0.455. The maximum atomic E-state index is 13.2. The number of rotatable bonds is 8. The van der Waals surface area contributed by atoms with Crippen molar-refractivity contribution >= 4 is 34.0 Å². The number of nitrogens with two attached hydrogens (primary N) is 1. The highest BCUT2D eigenvalue weighted by atomic mass is 16.5. The molecule has 0 aliphatic heterocycles. The van der Waals surface area contributed by atoms with E-state index in [2.05, 4.69) is 39.8 Å². The van der Waals surface area contributed by atoms with E-state index < -0.39 is 5.97 Å². The SMILES string of the molecule is CCC(CC)COC(=O)c1c(N)n(-c2ccc([C@H](C)CC)cc2)c2nc3ccccc3nc12. The third kappa shape index (κ3) is 4.30. The van der Waals surface area contributed by atoms with Crippen LogP contribution in [0.2, 0.25) is 0 Å². The third-order valence-corrected chi connectivity index (χ3v) is 6.64. The molecular weight excluding hydrogens is 412 g/mol. The van der Waals surface area contributed by atoms with Crippen molar-refractivity contribution in [2.24, 2.45) is 5.92 Å². The van der Waals surface area contributed by atoms with E-state index in [0.29, 0.717) is 40.9 Å². The fourth-order valence-corrected chi connectivity index (χ4v) is 4.10. The number of esters is 1. The van der Waals surface area contributed by atoms with E-state index in [1.165, 1.54) is 5.56 Å². The topological polar surface area (TPSA) is 83.0 Å². The van der Waals surface area contributed by atoms with Crippen LogP contribution < -0.4 is 5.73 Å². The molecule has 2 N–H and O–H groups in total. The average Bonchev–Trinajstić information content (AvgIpc) is 3.13. The molecule has 2 aromatic heterocycles. The summed E-state index contributed by atoms with van der Waals surface area (Å²) >= 11 is 0. The van der Waals surface area contributed by atoms with Crippen molar-refractivity contribution in [2.75, 3.05) is 12.3 Å². The van der Waals surface area contributed by atoms with Gasteiger partial charge in [0, 0.05) is 5.69 Å². The van der Waals surface area contributed by atoms with Crippen molar-refractivity contribution in [3.63, 3.8) is 0 Å². The summed E-state index contributed by atoms with van der Waals surface area (Å²) in [5, 5.41) is 0. The zero-order valence-electron chi connectivity index (χ0n) is 19.8. The number of nitrogens with zero attached hydrogens (tertiary/aromatic N) is 3. The van der Waals surface area contributed by atoms with Gasteiger partial charge >= 0.3 is 5.97 Å². The van der Waals surface area contributed by atoms with Crippen molar-refractivity contribution in [1.82, 2.24) is 14.5 Å². The molecule has 6 heteroatoms. The van der Waals surface area contributed by atoms with Gasteiger partial charge in [0.2, 0.25) is 0 Å². The van der Waals surface area contributed by atoms with Gasteiger partial charge in [0.1, 0.15) is 16.9 Å². The first kappa shape index (κ1) is 22.8. The minimum Gasteiger partial charge on any atom is -0.462 e. The highest BCUT2D eigenvalue weighted by Gasteiger charge is 2.26. The van der Waals surface area contributed by atoms with Gasteiger partial charge in [0.05, 0.1) is 17.6 Å². The number of ether oxygens (including phenoxy) is 1. The van der Waals surface area contributed by atoms with E-state index in [9.17, 15) is 4.79 Å². The van der Waals surface area contributed by atoms with Gasteiger partial charge in [0.15, 0.2) is 5.65 Å². The number of fused-ring (bicyclic) bond motifs is 2. The maximum Gasteiger partial charge on any atom is 0.344 e. The van der Waals surface area contributed by atoms with Crippen molar-refractivity contribution in [1.29, 1.82) is 0 Å². The van der Waals surface area contributed by atoms with E-state index in [-0.39, 0.29) is 5.56 Å². The third-order valence-electron chi connectivity index (χ3n) is 6.64. The molecule has 0 saturated carbocycles. The zero-order chi connectivity index (χ0) is 23.5. The highest BCUT2D eigenvalue weighted by molar-refractivity contribution is 6.09. The monoisotopic (exact) mass is 444 g/mol. The van der Waals surface area contributed by atoms with Gasteiger partial charge in [-0.15, -0.1) is 0 Å². The summed E-state index contributed by atoms with van der Waals surface area (Å²) in [5.74, 6) is 0.635. The van der Waals surface area contributed by atoms with Crippen molar-refractivity contribution in [3.8, 4) is 5.69 Å². The molecule has 1 atom stereocenters. The van der Waals surface area contributed by atoms with E-state index in [1.54, 1.807) is 0 Å². The summed E-state index contributed by atoms with van der Waals surface area (Å²) in [7, 11) is 0. The summed E-state index contributed by atoms with van der Waals surface area (Å²) < 4.78 is 7.50. The van der Waals surface area contributed by atoms with E-state index in [4.69, 9.17) is 20.4 Å². The quantitative estimate of drug-likeness (QED) is 0.324. The molecule has 4 rings (SSSR count). The van der Waals surface area contributed by atoms with Crippen molar-refractivity contribution < 1.29 is 9.53 Å². The average molecular weight is 445 g/mol. The molecule has 0 aliphatic carbocycles. The summed E-state index contributed by atoms with van der Waals surface area (Å²) in [6.45, 7) is 8.95. The predicted molar refractivity (Wildman–Crippen MR) is 134 cm³/mol. The minimum absolute atomic E-state index is 0.278. The Bertz CT molecular complexity index is 1270. The van der Waals surface area contributed by atoms with Crippen LogP contribution in [0.1, 0.15) is 68.8 Å². The lowest BCUT2D eigenvalue weighted by Gasteiger charge is -2.13. The van der Waals surface area contributed by atoms with Crippen LogP contribution in [0.15, 0.2) is 48.5 Å². The molecule has 6 nitrogen and oxygen atoms in total. The molecule has 0 unspecified atom stereocenters. The first-order chi connectivity index (χ1) is 16.0. The number of aromatic nitrogens is 3. The number of hydrogen-bond donors (Lipinski definition) is 1. The number of hydrogen-bond acceptors (Lipinski definition) is 5. The van der Waals surface area contributed by atoms with Crippen molar-refractivity contribution in [2.45, 2.75) is 52.9 Å². The molecule has 4 aromatic rings. The number of carbonyl (C=O) groups is 1. The highest BCUT2D eigenvalue weighted by Crippen LogP contribution is 2.32. The summed E-state index contributed by atoms with van der Waals surface area (Å²) in [4.78, 5) is 22.8. The zero-order valence-corrected chi connectivity index (χ0v) is 19.8. The predicted octanol–water partition coefficient (Wildman–Crippen LogP) is 6.26. The first-order valence-corrected chi connectivity index (χ1v) is 11.8. The van der Waals surface area contributed by atoms with Crippen LogP contribution in [0.5, 0.6) is 0 Å². The Morgan fingerprint density at radius 1 is 0.970 bits per heavy atom. The fourth-order valence-electron chi connectivity index (χ4n) is 4.10. The Morgan fingerprint density at radius 2 is 1.61 bits per heavy atom. The fraction of sp³-hybridized carbons (Fsp3) is 0.370. The van der Waals surface area contributed by atoms with Gasteiger partial charge in [-0.05, 0) is 48.1 Å². The molecule has 0 bridgehead atoms. The lowest BCUT2D eigenvalue weighted by atomic mass is 9.99. The Balaban J connectivity index is 1.86. The molecule has 172 valence electrons. The molecule has 0 fully saturated rings.